The molecule has 0 aliphatic carbocycles. The third-order valence-electron chi connectivity index (χ3n) is 3.48. The number of piperidine rings is 1. The third kappa shape index (κ3) is 2.68. The minimum absolute atomic E-state index is 0.000360. The van der Waals surface area contributed by atoms with E-state index in [1.165, 1.54) is 6.07 Å². The van der Waals surface area contributed by atoms with Crippen LogP contribution in [-0.2, 0) is 4.79 Å². The number of nitrogens with zero attached hydrogens (tertiary/aromatic N) is 2. The largest absolute Gasteiger partial charge is 0.370 e. The number of nitriles is 1. The normalized spacial score (nSPS) is 18.8. The van der Waals surface area contributed by atoms with Gasteiger partial charge in [-0.25, -0.2) is 4.39 Å². The maximum absolute atomic E-state index is 13.6. The molecule has 100 valence electrons. The lowest BCUT2D eigenvalue weighted by atomic mass is 9.96. The first-order chi connectivity index (χ1) is 9.17. The van der Waals surface area contributed by atoms with Crippen LogP contribution in [0.25, 0.3) is 0 Å². The third-order valence-corrected chi connectivity index (χ3v) is 3.48. The van der Waals surface area contributed by atoms with E-state index in [9.17, 15) is 9.18 Å². The molecule has 0 saturated carbocycles. The highest BCUT2D eigenvalue weighted by molar-refractivity contribution is 5.79. The predicted molar refractivity (Wildman–Crippen MR) is 70.1 cm³/mol. The molecular weight excluding hydrogens is 245 g/mol. The molecule has 1 aliphatic rings. The Bertz CT molecular complexity index is 524. The zero-order valence-electron chi connectivity index (χ0n) is 10.8. The number of hydrogen-bond donors (Lipinski definition) is 1. The fourth-order valence-electron chi connectivity index (χ4n) is 2.50. The molecule has 19 heavy (non-hydrogen) atoms. The number of halogens is 1. The molecule has 1 atom stereocenters. The summed E-state index contributed by atoms with van der Waals surface area (Å²) in [6.45, 7) is 1.27. The van der Waals surface area contributed by atoms with Crippen LogP contribution in [0.3, 0.4) is 0 Å². The number of nitrogens with one attached hydrogen (secondary N) is 1. The SMILES string of the molecule is CNC(=O)[C@@H]1CCCN(c2cccc(F)c2C#N)C1. The van der Waals surface area contributed by atoms with Gasteiger partial charge >= 0.3 is 0 Å². The second kappa shape index (κ2) is 5.70. The Morgan fingerprint density at radius 3 is 3.05 bits per heavy atom. The Balaban J connectivity index is 2.25. The van der Waals surface area contributed by atoms with E-state index in [2.05, 4.69) is 5.32 Å². The van der Waals surface area contributed by atoms with Gasteiger partial charge in [-0.2, -0.15) is 5.26 Å². The molecule has 1 fully saturated rings. The van der Waals surface area contributed by atoms with Crippen LogP contribution in [-0.4, -0.2) is 26.0 Å². The minimum atomic E-state index is -0.512. The molecule has 1 N–H and O–H groups in total. The van der Waals surface area contributed by atoms with Crippen LogP contribution in [0.1, 0.15) is 18.4 Å². The average molecular weight is 261 g/mol. The Kier molecular flexibility index (Phi) is 4.00. The summed E-state index contributed by atoms with van der Waals surface area (Å²) < 4.78 is 13.6. The van der Waals surface area contributed by atoms with Gasteiger partial charge in [0.25, 0.3) is 0 Å². The van der Waals surface area contributed by atoms with Gasteiger partial charge in [0.05, 0.1) is 11.6 Å². The number of amides is 1. The molecule has 1 aliphatic heterocycles. The quantitative estimate of drug-likeness (QED) is 0.881. The van der Waals surface area contributed by atoms with Gasteiger partial charge in [-0.15, -0.1) is 0 Å². The zero-order valence-corrected chi connectivity index (χ0v) is 10.8. The van der Waals surface area contributed by atoms with E-state index in [1.807, 2.05) is 11.0 Å². The number of rotatable bonds is 2. The van der Waals surface area contributed by atoms with Crippen molar-refractivity contribution in [2.75, 3.05) is 25.0 Å². The average Bonchev–Trinajstić information content (AvgIpc) is 2.46. The van der Waals surface area contributed by atoms with Crippen LogP contribution in [0.5, 0.6) is 0 Å². The molecule has 5 heteroatoms. The lowest BCUT2D eigenvalue weighted by molar-refractivity contribution is -0.124. The Morgan fingerprint density at radius 2 is 2.37 bits per heavy atom. The van der Waals surface area contributed by atoms with Gasteiger partial charge in [-0.05, 0) is 25.0 Å². The molecule has 0 spiro atoms. The number of anilines is 1. The fourth-order valence-corrected chi connectivity index (χ4v) is 2.50. The summed E-state index contributed by atoms with van der Waals surface area (Å²) in [7, 11) is 1.62. The molecule has 0 bridgehead atoms. The van der Waals surface area contributed by atoms with Crippen molar-refractivity contribution >= 4 is 11.6 Å². The maximum Gasteiger partial charge on any atom is 0.224 e. The highest BCUT2D eigenvalue weighted by Gasteiger charge is 2.26. The predicted octanol–water partition coefficient (Wildman–Crippen LogP) is 1.66. The van der Waals surface area contributed by atoms with E-state index >= 15 is 0 Å². The second-order valence-electron chi connectivity index (χ2n) is 4.65. The smallest absolute Gasteiger partial charge is 0.224 e. The maximum atomic E-state index is 13.6. The summed E-state index contributed by atoms with van der Waals surface area (Å²) in [5.74, 6) is -0.616. The van der Waals surface area contributed by atoms with E-state index in [1.54, 1.807) is 19.2 Å². The summed E-state index contributed by atoms with van der Waals surface area (Å²) in [5, 5.41) is 11.7. The molecule has 1 heterocycles. The summed E-state index contributed by atoms with van der Waals surface area (Å²) in [6.07, 6.45) is 1.69. The van der Waals surface area contributed by atoms with E-state index in [0.717, 1.165) is 19.4 Å². The van der Waals surface area contributed by atoms with Gasteiger partial charge in [-0.1, -0.05) is 6.07 Å². The first-order valence-corrected chi connectivity index (χ1v) is 6.32. The standard InChI is InChI=1S/C14H16FN3O/c1-17-14(19)10-4-3-7-18(9-10)13-6-2-5-12(15)11(13)8-16/h2,5-6,10H,3-4,7,9H2,1H3,(H,17,19)/t10-/m1/s1. The van der Waals surface area contributed by atoms with Crippen molar-refractivity contribution in [1.29, 1.82) is 5.26 Å². The highest BCUT2D eigenvalue weighted by atomic mass is 19.1. The molecule has 0 unspecified atom stereocenters. The van der Waals surface area contributed by atoms with Crippen LogP contribution >= 0.6 is 0 Å². The molecule has 4 nitrogen and oxygen atoms in total. The molecule has 0 aromatic heterocycles. The van der Waals surface area contributed by atoms with Crippen molar-refractivity contribution in [3.63, 3.8) is 0 Å². The van der Waals surface area contributed by atoms with Gasteiger partial charge < -0.3 is 10.2 Å². The van der Waals surface area contributed by atoms with Gasteiger partial charge in [0.2, 0.25) is 5.91 Å². The van der Waals surface area contributed by atoms with Crippen molar-refractivity contribution in [1.82, 2.24) is 5.32 Å². The van der Waals surface area contributed by atoms with Crippen LogP contribution < -0.4 is 10.2 Å². The van der Waals surface area contributed by atoms with Crippen molar-refractivity contribution in [2.24, 2.45) is 5.92 Å². The van der Waals surface area contributed by atoms with Gasteiger partial charge in [0.1, 0.15) is 17.4 Å². The monoisotopic (exact) mass is 261 g/mol. The molecule has 0 radical (unpaired) electrons. The van der Waals surface area contributed by atoms with Crippen molar-refractivity contribution in [3.8, 4) is 6.07 Å². The summed E-state index contributed by atoms with van der Waals surface area (Å²) in [6, 6.07) is 6.50. The fraction of sp³-hybridized carbons (Fsp3) is 0.429. The molecular formula is C14H16FN3O. The number of carbonyl (C=O) groups excluding carboxylic acids is 1. The first-order valence-electron chi connectivity index (χ1n) is 6.32. The second-order valence-corrected chi connectivity index (χ2v) is 4.65. The van der Waals surface area contributed by atoms with Crippen LogP contribution in [0, 0.1) is 23.1 Å². The number of benzene rings is 1. The summed E-state index contributed by atoms with van der Waals surface area (Å²) >= 11 is 0. The topological polar surface area (TPSA) is 56.1 Å². The van der Waals surface area contributed by atoms with Gasteiger partial charge in [0, 0.05) is 20.1 Å². The van der Waals surface area contributed by atoms with Crippen molar-refractivity contribution < 1.29 is 9.18 Å². The van der Waals surface area contributed by atoms with Crippen molar-refractivity contribution in [3.05, 3.63) is 29.6 Å². The van der Waals surface area contributed by atoms with E-state index < -0.39 is 5.82 Å². The summed E-state index contributed by atoms with van der Waals surface area (Å²) in [5.41, 5.74) is 0.635. The molecule has 2 rings (SSSR count). The lowest BCUT2D eigenvalue weighted by Crippen LogP contribution is -2.42. The molecule has 1 aromatic rings. The van der Waals surface area contributed by atoms with Gasteiger partial charge in [-0.3, -0.25) is 4.79 Å². The van der Waals surface area contributed by atoms with Crippen LogP contribution in [0.15, 0.2) is 18.2 Å². The zero-order chi connectivity index (χ0) is 13.8. The highest BCUT2D eigenvalue weighted by Crippen LogP contribution is 2.27. The Morgan fingerprint density at radius 1 is 1.58 bits per heavy atom. The first kappa shape index (κ1) is 13.3. The van der Waals surface area contributed by atoms with Crippen LogP contribution in [0.4, 0.5) is 10.1 Å². The van der Waals surface area contributed by atoms with E-state index in [-0.39, 0.29) is 17.4 Å². The Hall–Kier alpha value is -2.09. The summed E-state index contributed by atoms with van der Waals surface area (Å²) in [4.78, 5) is 13.6. The van der Waals surface area contributed by atoms with E-state index in [4.69, 9.17) is 5.26 Å². The Labute approximate surface area is 111 Å². The number of hydrogen-bond acceptors (Lipinski definition) is 3. The van der Waals surface area contributed by atoms with Crippen LogP contribution in [0.2, 0.25) is 0 Å². The molecule has 1 saturated heterocycles. The molecule has 1 aromatic carbocycles. The van der Waals surface area contributed by atoms with Crippen molar-refractivity contribution in [2.45, 2.75) is 12.8 Å². The molecule has 1 amide bonds. The minimum Gasteiger partial charge on any atom is -0.370 e. The number of carbonyl (C=O) groups is 1. The van der Waals surface area contributed by atoms with Gasteiger partial charge in [0.15, 0.2) is 0 Å². The van der Waals surface area contributed by atoms with E-state index in [0.29, 0.717) is 12.2 Å². The lowest BCUT2D eigenvalue weighted by Gasteiger charge is -2.34.